The molecule has 2 aromatic rings. The number of nitrogen functional groups attached to an aromatic ring is 1. The third-order valence-electron chi connectivity index (χ3n) is 3.16. The Morgan fingerprint density at radius 2 is 1.89 bits per heavy atom. The molecule has 0 aliphatic heterocycles. The van der Waals surface area contributed by atoms with Gasteiger partial charge in [-0.2, -0.15) is 0 Å². The van der Waals surface area contributed by atoms with E-state index in [0.717, 1.165) is 5.56 Å². The van der Waals surface area contributed by atoms with Gasteiger partial charge in [-0.25, -0.2) is 0 Å². The second-order valence-corrected chi connectivity index (χ2v) is 4.63. The fourth-order valence-electron chi connectivity index (χ4n) is 2.04. The van der Waals surface area contributed by atoms with Gasteiger partial charge in [0.2, 0.25) is 0 Å². The van der Waals surface area contributed by atoms with Gasteiger partial charge in [-0.15, -0.1) is 0 Å². The van der Waals surface area contributed by atoms with E-state index in [2.05, 4.69) is 0 Å². The Balaban J connectivity index is 2.47. The topological polar surface area (TPSA) is 63.3 Å². The fourth-order valence-corrected chi connectivity index (χ4v) is 2.04. The summed E-state index contributed by atoms with van der Waals surface area (Å²) >= 11 is 0. The molecule has 0 amide bonds. The molecule has 0 aromatic heterocycles. The predicted molar refractivity (Wildman–Crippen MR) is 76.2 cm³/mol. The van der Waals surface area contributed by atoms with Crippen molar-refractivity contribution in [1.29, 1.82) is 0 Å². The summed E-state index contributed by atoms with van der Waals surface area (Å²) in [5, 5.41) is 9.30. The molecule has 0 radical (unpaired) electrons. The number of anilines is 1. The quantitative estimate of drug-likeness (QED) is 0.652. The molecule has 0 aliphatic rings. The van der Waals surface area contributed by atoms with Gasteiger partial charge in [-0.1, -0.05) is 37.3 Å². The third-order valence-corrected chi connectivity index (χ3v) is 3.16. The average Bonchev–Trinajstić information content (AvgIpc) is 2.46. The Hall–Kier alpha value is -2.13. The minimum absolute atomic E-state index is 0.0154. The lowest BCUT2D eigenvalue weighted by atomic mass is 9.91. The lowest BCUT2D eigenvalue weighted by Crippen LogP contribution is -2.10. The van der Waals surface area contributed by atoms with Crippen LogP contribution in [0.5, 0.6) is 0 Å². The summed E-state index contributed by atoms with van der Waals surface area (Å²) < 4.78 is 0. The Morgan fingerprint density at radius 1 is 1.21 bits per heavy atom. The minimum atomic E-state index is -0.119. The number of nitrogens with two attached hydrogens (primary N) is 1. The van der Waals surface area contributed by atoms with E-state index in [1.807, 2.05) is 25.1 Å². The zero-order valence-corrected chi connectivity index (χ0v) is 10.8. The van der Waals surface area contributed by atoms with Crippen molar-refractivity contribution in [2.24, 2.45) is 0 Å². The van der Waals surface area contributed by atoms with E-state index in [1.54, 1.807) is 30.3 Å². The number of rotatable bonds is 4. The van der Waals surface area contributed by atoms with Gasteiger partial charge in [-0.3, -0.25) is 4.79 Å². The zero-order chi connectivity index (χ0) is 13.8. The highest BCUT2D eigenvalue weighted by Gasteiger charge is 2.17. The largest absolute Gasteiger partial charge is 0.399 e. The van der Waals surface area contributed by atoms with Crippen LogP contribution in [0.15, 0.2) is 48.5 Å². The molecule has 0 aliphatic carbocycles. The number of aliphatic hydroxyl groups excluding tert-OH is 1. The van der Waals surface area contributed by atoms with E-state index in [-0.39, 0.29) is 18.3 Å². The van der Waals surface area contributed by atoms with E-state index in [4.69, 9.17) is 5.73 Å². The van der Waals surface area contributed by atoms with Crippen LogP contribution in [0.25, 0.3) is 0 Å². The highest BCUT2D eigenvalue weighted by Crippen LogP contribution is 2.24. The van der Waals surface area contributed by atoms with Gasteiger partial charge in [0, 0.05) is 29.3 Å². The highest BCUT2D eigenvalue weighted by atomic mass is 16.3. The van der Waals surface area contributed by atoms with Crippen molar-refractivity contribution in [2.75, 3.05) is 12.3 Å². The third kappa shape index (κ3) is 2.83. The zero-order valence-electron chi connectivity index (χ0n) is 10.8. The van der Waals surface area contributed by atoms with E-state index in [0.29, 0.717) is 16.8 Å². The molecule has 3 N–H and O–H groups in total. The summed E-state index contributed by atoms with van der Waals surface area (Å²) in [7, 11) is 0. The maximum atomic E-state index is 12.5. The first-order valence-electron chi connectivity index (χ1n) is 6.23. The number of hydrogen-bond acceptors (Lipinski definition) is 3. The summed E-state index contributed by atoms with van der Waals surface area (Å²) in [4.78, 5) is 12.5. The van der Waals surface area contributed by atoms with Gasteiger partial charge in [0.1, 0.15) is 0 Å². The van der Waals surface area contributed by atoms with Gasteiger partial charge < -0.3 is 10.8 Å². The molecule has 0 bridgehead atoms. The molecule has 1 atom stereocenters. The molecule has 19 heavy (non-hydrogen) atoms. The van der Waals surface area contributed by atoms with Crippen LogP contribution in [0.1, 0.15) is 34.3 Å². The molecule has 0 saturated carbocycles. The maximum Gasteiger partial charge on any atom is 0.193 e. The van der Waals surface area contributed by atoms with Crippen molar-refractivity contribution in [3.05, 3.63) is 65.2 Å². The molecule has 3 heteroatoms. The van der Waals surface area contributed by atoms with Crippen LogP contribution in [-0.4, -0.2) is 17.5 Å². The number of ketones is 1. The van der Waals surface area contributed by atoms with Crippen LogP contribution in [-0.2, 0) is 0 Å². The lowest BCUT2D eigenvalue weighted by Gasteiger charge is -2.14. The summed E-state index contributed by atoms with van der Waals surface area (Å²) in [6.45, 7) is 1.86. The van der Waals surface area contributed by atoms with Crippen LogP contribution >= 0.6 is 0 Å². The van der Waals surface area contributed by atoms with Crippen molar-refractivity contribution in [1.82, 2.24) is 0 Å². The van der Waals surface area contributed by atoms with E-state index >= 15 is 0 Å². The summed E-state index contributed by atoms with van der Waals surface area (Å²) in [6.07, 6.45) is 0. The number of hydrogen-bond donors (Lipinski definition) is 2. The average molecular weight is 255 g/mol. The lowest BCUT2D eigenvalue weighted by molar-refractivity contribution is 0.103. The number of benzene rings is 2. The molecule has 0 fully saturated rings. The van der Waals surface area contributed by atoms with E-state index in [1.165, 1.54) is 0 Å². The summed E-state index contributed by atoms with van der Waals surface area (Å²) in [5.74, 6) is -0.165. The number of aliphatic hydroxyl groups is 1. The van der Waals surface area contributed by atoms with Crippen LogP contribution in [0, 0.1) is 0 Å². The maximum absolute atomic E-state index is 12.5. The predicted octanol–water partition coefficient (Wildman–Crippen LogP) is 2.60. The standard InChI is InChI=1S/C16H17NO2/c1-11(10-18)15-9-13(17)7-8-14(15)16(19)12-5-3-2-4-6-12/h2-9,11,18H,10,17H2,1H3. The van der Waals surface area contributed by atoms with Gasteiger partial charge in [0.05, 0.1) is 0 Å². The molecule has 1 unspecified atom stereocenters. The van der Waals surface area contributed by atoms with Crippen LogP contribution in [0.3, 0.4) is 0 Å². The van der Waals surface area contributed by atoms with Crippen LogP contribution in [0.4, 0.5) is 5.69 Å². The molecule has 2 rings (SSSR count). The first-order valence-corrected chi connectivity index (χ1v) is 6.23. The molecule has 98 valence electrons. The Labute approximate surface area is 112 Å². The van der Waals surface area contributed by atoms with Gasteiger partial charge in [0.15, 0.2) is 5.78 Å². The normalized spacial score (nSPS) is 12.1. The van der Waals surface area contributed by atoms with Crippen molar-refractivity contribution in [3.63, 3.8) is 0 Å². The van der Waals surface area contributed by atoms with Crippen molar-refractivity contribution in [2.45, 2.75) is 12.8 Å². The van der Waals surface area contributed by atoms with Gasteiger partial charge in [0.25, 0.3) is 0 Å². The first-order chi connectivity index (χ1) is 9.13. The Kier molecular flexibility index (Phi) is 3.97. The van der Waals surface area contributed by atoms with Crippen molar-refractivity contribution < 1.29 is 9.90 Å². The molecule has 0 saturated heterocycles. The first kappa shape index (κ1) is 13.3. The van der Waals surface area contributed by atoms with Crippen LogP contribution in [0.2, 0.25) is 0 Å². The molecule has 0 heterocycles. The smallest absolute Gasteiger partial charge is 0.193 e. The highest BCUT2D eigenvalue weighted by molar-refractivity contribution is 6.10. The van der Waals surface area contributed by atoms with Crippen LogP contribution < -0.4 is 5.73 Å². The van der Waals surface area contributed by atoms with Crippen molar-refractivity contribution in [3.8, 4) is 0 Å². The van der Waals surface area contributed by atoms with Gasteiger partial charge >= 0.3 is 0 Å². The monoisotopic (exact) mass is 255 g/mol. The molecule has 0 spiro atoms. The van der Waals surface area contributed by atoms with Crippen molar-refractivity contribution >= 4 is 11.5 Å². The molecule has 2 aromatic carbocycles. The fraction of sp³-hybridized carbons (Fsp3) is 0.188. The summed E-state index contributed by atoms with van der Waals surface area (Å²) in [5.41, 5.74) is 8.39. The Bertz CT molecular complexity index is 579. The second-order valence-electron chi connectivity index (χ2n) is 4.63. The number of carbonyl (C=O) groups excluding carboxylic acids is 1. The summed E-state index contributed by atoms with van der Waals surface area (Å²) in [6, 6.07) is 14.3. The van der Waals surface area contributed by atoms with E-state index < -0.39 is 0 Å². The molecular weight excluding hydrogens is 238 g/mol. The molecular formula is C16H17NO2. The van der Waals surface area contributed by atoms with Gasteiger partial charge in [-0.05, 0) is 23.8 Å². The number of carbonyl (C=O) groups is 1. The minimum Gasteiger partial charge on any atom is -0.399 e. The SMILES string of the molecule is CC(CO)c1cc(N)ccc1C(=O)c1ccccc1. The Morgan fingerprint density at radius 3 is 2.53 bits per heavy atom. The second kappa shape index (κ2) is 5.67. The molecule has 3 nitrogen and oxygen atoms in total. The van der Waals surface area contributed by atoms with E-state index in [9.17, 15) is 9.90 Å².